The summed E-state index contributed by atoms with van der Waals surface area (Å²) in [5.41, 5.74) is 8.23. The molecule has 2 aliphatic rings. The van der Waals surface area contributed by atoms with Crippen molar-refractivity contribution in [3.05, 3.63) is 92.9 Å². The number of piperidine rings is 1. The molecular formula is C29H34N2O3. The summed E-state index contributed by atoms with van der Waals surface area (Å²) in [7, 11) is 3.56. The molecule has 3 heterocycles. The fourth-order valence-electron chi connectivity index (χ4n) is 5.86. The molecule has 2 aliphatic heterocycles. The lowest BCUT2D eigenvalue weighted by molar-refractivity contribution is -0.0749. The Morgan fingerprint density at radius 2 is 2.06 bits per heavy atom. The first-order valence-electron chi connectivity index (χ1n) is 12.3. The largest absolute Gasteiger partial charge is 0.385 e. The number of hydrogen-bond donors (Lipinski definition) is 1. The molecule has 2 atom stereocenters. The van der Waals surface area contributed by atoms with Crippen LogP contribution in [0.5, 0.6) is 0 Å². The zero-order valence-corrected chi connectivity index (χ0v) is 20.4. The fourth-order valence-corrected chi connectivity index (χ4v) is 5.86. The zero-order valence-electron chi connectivity index (χ0n) is 20.4. The van der Waals surface area contributed by atoms with E-state index in [0.717, 1.165) is 50.1 Å². The number of aromatic nitrogens is 1. The number of methoxy groups -OCH3 is 1. The molecule has 5 rings (SSSR count). The third-order valence-corrected chi connectivity index (χ3v) is 7.60. The van der Waals surface area contributed by atoms with Gasteiger partial charge in [0.05, 0.1) is 6.61 Å². The van der Waals surface area contributed by atoms with Crippen LogP contribution >= 0.6 is 0 Å². The van der Waals surface area contributed by atoms with E-state index in [0.29, 0.717) is 6.61 Å². The summed E-state index contributed by atoms with van der Waals surface area (Å²) in [5.74, 6) is 0.153. The van der Waals surface area contributed by atoms with Gasteiger partial charge >= 0.3 is 0 Å². The van der Waals surface area contributed by atoms with Crippen LogP contribution in [0.25, 0.3) is 11.1 Å². The van der Waals surface area contributed by atoms with Crippen LogP contribution in [-0.2, 0) is 35.2 Å². The predicted octanol–water partition coefficient (Wildman–Crippen LogP) is 4.44. The maximum atomic E-state index is 12.5. The van der Waals surface area contributed by atoms with Crippen LogP contribution < -0.4 is 10.9 Å². The second kappa shape index (κ2) is 9.49. The normalized spacial score (nSPS) is 21.7. The number of pyridine rings is 1. The number of ether oxygens (including phenoxy) is 2. The van der Waals surface area contributed by atoms with Gasteiger partial charge in [-0.3, -0.25) is 4.79 Å². The minimum atomic E-state index is -0.446. The van der Waals surface area contributed by atoms with Crippen LogP contribution in [0.2, 0.25) is 0 Å². The molecule has 3 aromatic rings. The van der Waals surface area contributed by atoms with E-state index in [9.17, 15) is 4.79 Å². The molecule has 5 heteroatoms. The Labute approximate surface area is 201 Å². The van der Waals surface area contributed by atoms with Crippen molar-refractivity contribution in [2.24, 2.45) is 7.05 Å². The highest BCUT2D eigenvalue weighted by Crippen LogP contribution is 2.50. The molecule has 2 aromatic carbocycles. The van der Waals surface area contributed by atoms with Crippen molar-refractivity contribution in [2.45, 2.75) is 44.3 Å². The van der Waals surface area contributed by atoms with E-state index in [4.69, 9.17) is 9.47 Å². The number of rotatable bonds is 6. The van der Waals surface area contributed by atoms with Gasteiger partial charge in [-0.15, -0.1) is 0 Å². The Morgan fingerprint density at radius 1 is 1.21 bits per heavy atom. The highest BCUT2D eigenvalue weighted by Gasteiger charge is 2.49. The lowest BCUT2D eigenvalue weighted by atomic mass is 9.72. The molecule has 1 N–H and O–H groups in total. The Balaban J connectivity index is 1.51. The number of hydrogen-bond acceptors (Lipinski definition) is 4. The quantitative estimate of drug-likeness (QED) is 0.555. The third kappa shape index (κ3) is 4.02. The minimum absolute atomic E-state index is 0.0260. The summed E-state index contributed by atoms with van der Waals surface area (Å²) < 4.78 is 13.5. The van der Waals surface area contributed by atoms with Gasteiger partial charge in [-0.25, -0.2) is 0 Å². The van der Waals surface area contributed by atoms with Crippen LogP contribution in [0, 0.1) is 6.92 Å². The number of fused-ring (bicyclic) bond motifs is 2. The van der Waals surface area contributed by atoms with E-state index in [1.807, 2.05) is 13.2 Å². The van der Waals surface area contributed by atoms with E-state index in [-0.39, 0.29) is 11.5 Å². The molecule has 178 valence electrons. The molecule has 0 amide bonds. The molecule has 34 heavy (non-hydrogen) atoms. The lowest BCUT2D eigenvalue weighted by Crippen LogP contribution is -2.47. The van der Waals surface area contributed by atoms with Crippen LogP contribution in [0.3, 0.4) is 0 Å². The summed E-state index contributed by atoms with van der Waals surface area (Å²) in [6.45, 7) is 5.26. The maximum absolute atomic E-state index is 12.5. The molecule has 0 aliphatic carbocycles. The Morgan fingerprint density at radius 3 is 2.88 bits per heavy atom. The van der Waals surface area contributed by atoms with Crippen LogP contribution in [-0.4, -0.2) is 31.4 Å². The van der Waals surface area contributed by atoms with Gasteiger partial charge in [-0.2, -0.15) is 0 Å². The van der Waals surface area contributed by atoms with Gasteiger partial charge in [0.15, 0.2) is 0 Å². The number of nitrogens with zero attached hydrogens (tertiary/aromatic N) is 1. The van der Waals surface area contributed by atoms with E-state index in [2.05, 4.69) is 54.7 Å². The summed E-state index contributed by atoms with van der Waals surface area (Å²) in [6.07, 6.45) is 4.82. The van der Waals surface area contributed by atoms with Crippen molar-refractivity contribution < 1.29 is 9.47 Å². The van der Waals surface area contributed by atoms with Gasteiger partial charge < -0.3 is 19.4 Å². The molecule has 0 bridgehead atoms. The van der Waals surface area contributed by atoms with E-state index in [1.54, 1.807) is 17.7 Å². The Kier molecular flexibility index (Phi) is 6.43. The van der Waals surface area contributed by atoms with Gasteiger partial charge in [0.1, 0.15) is 5.60 Å². The molecule has 0 saturated carbocycles. The standard InChI is InChI=1S/C29H34N2O3/c1-20-15-22(25-9-5-4-7-21(25)8-6-14-33-3)10-11-24(20)27-17-30-13-12-29(27)26-16-28(32)31(2)18-23(26)19-34-29/h4-5,7,9-11,15-16,18,27,30H,6,8,12-14,17,19H2,1-3H3. The summed E-state index contributed by atoms with van der Waals surface area (Å²) in [4.78, 5) is 12.5. The Bertz CT molecular complexity index is 1250. The minimum Gasteiger partial charge on any atom is -0.385 e. The van der Waals surface area contributed by atoms with E-state index in [1.165, 1.54) is 27.8 Å². The first-order chi connectivity index (χ1) is 16.5. The summed E-state index contributed by atoms with van der Waals surface area (Å²) in [6, 6.07) is 17.3. The maximum Gasteiger partial charge on any atom is 0.250 e. The molecule has 1 spiro atoms. The van der Waals surface area contributed by atoms with Gasteiger partial charge in [0.25, 0.3) is 5.56 Å². The van der Waals surface area contributed by atoms with Crippen LogP contribution in [0.4, 0.5) is 0 Å². The SMILES string of the molecule is COCCCc1ccccc1-c1ccc(C2CNCCC23OCc2cn(C)c(=O)cc23)c(C)c1. The molecule has 1 fully saturated rings. The molecule has 1 saturated heterocycles. The average molecular weight is 459 g/mol. The molecule has 0 radical (unpaired) electrons. The summed E-state index contributed by atoms with van der Waals surface area (Å²) in [5, 5.41) is 3.58. The average Bonchev–Trinajstić information content (AvgIpc) is 3.17. The number of benzene rings is 2. The van der Waals surface area contributed by atoms with Gasteiger partial charge in [-0.1, -0.05) is 42.5 Å². The highest BCUT2D eigenvalue weighted by molar-refractivity contribution is 5.69. The van der Waals surface area contributed by atoms with Crippen molar-refractivity contribution in [1.29, 1.82) is 0 Å². The highest BCUT2D eigenvalue weighted by atomic mass is 16.5. The summed E-state index contributed by atoms with van der Waals surface area (Å²) >= 11 is 0. The smallest absolute Gasteiger partial charge is 0.250 e. The van der Waals surface area contributed by atoms with Crippen molar-refractivity contribution in [3.63, 3.8) is 0 Å². The van der Waals surface area contributed by atoms with Gasteiger partial charge in [0.2, 0.25) is 0 Å². The number of nitrogens with one attached hydrogen (secondary N) is 1. The Hall–Kier alpha value is -2.73. The zero-order chi connectivity index (χ0) is 23.7. The molecule has 1 aromatic heterocycles. The predicted molar refractivity (Wildman–Crippen MR) is 135 cm³/mol. The number of aryl methyl sites for hydroxylation is 3. The molecule has 5 nitrogen and oxygen atoms in total. The fraction of sp³-hybridized carbons (Fsp3) is 0.414. The molecular weight excluding hydrogens is 424 g/mol. The van der Waals surface area contributed by atoms with Crippen molar-refractivity contribution in [2.75, 3.05) is 26.8 Å². The van der Waals surface area contributed by atoms with Crippen molar-refractivity contribution in [1.82, 2.24) is 9.88 Å². The van der Waals surface area contributed by atoms with E-state index >= 15 is 0 Å². The van der Waals surface area contributed by atoms with E-state index < -0.39 is 5.60 Å². The monoisotopic (exact) mass is 458 g/mol. The lowest BCUT2D eigenvalue weighted by Gasteiger charge is -2.42. The second-order valence-corrected chi connectivity index (χ2v) is 9.67. The molecule has 2 unspecified atom stereocenters. The topological polar surface area (TPSA) is 52.5 Å². The van der Waals surface area contributed by atoms with Crippen molar-refractivity contribution >= 4 is 0 Å². The first-order valence-corrected chi connectivity index (χ1v) is 12.3. The van der Waals surface area contributed by atoms with Crippen LogP contribution in [0.15, 0.2) is 59.5 Å². The van der Waals surface area contributed by atoms with Gasteiger partial charge in [-0.05, 0) is 66.1 Å². The van der Waals surface area contributed by atoms with Gasteiger partial charge in [0, 0.05) is 51.1 Å². The second-order valence-electron chi connectivity index (χ2n) is 9.67. The first kappa shape index (κ1) is 23.0. The third-order valence-electron chi connectivity index (χ3n) is 7.60. The van der Waals surface area contributed by atoms with Crippen LogP contribution in [0.1, 0.15) is 46.6 Å². The van der Waals surface area contributed by atoms with Crippen molar-refractivity contribution in [3.8, 4) is 11.1 Å².